The maximum Gasteiger partial charge on any atom is 0.263 e. The molecule has 35 heavy (non-hydrogen) atoms. The Morgan fingerprint density at radius 1 is 1.17 bits per heavy atom. The molecule has 0 saturated heterocycles. The average molecular weight is 492 g/mol. The van der Waals surface area contributed by atoms with E-state index in [0.29, 0.717) is 49.8 Å². The second-order valence-electron chi connectivity index (χ2n) is 8.03. The largest absolute Gasteiger partial charge is 0.496 e. The molecule has 1 fully saturated rings. The number of anilines is 1. The summed E-state index contributed by atoms with van der Waals surface area (Å²) in [6.45, 7) is 1.75. The predicted molar refractivity (Wildman–Crippen MR) is 129 cm³/mol. The smallest absolute Gasteiger partial charge is 0.263 e. The molecule has 1 aromatic carbocycles. The van der Waals surface area contributed by atoms with Crippen LogP contribution in [0.15, 0.2) is 36.7 Å². The minimum atomic E-state index is -2.67. The third-order valence-corrected chi connectivity index (χ3v) is 6.23. The van der Waals surface area contributed by atoms with Crippen LogP contribution in [-0.2, 0) is 0 Å². The van der Waals surface area contributed by atoms with Gasteiger partial charge in [0.25, 0.3) is 12.3 Å². The molecule has 5 rings (SSSR count). The van der Waals surface area contributed by atoms with Crippen molar-refractivity contribution in [3.05, 3.63) is 59.2 Å². The van der Waals surface area contributed by atoms with Crippen molar-refractivity contribution in [1.29, 1.82) is 0 Å². The highest BCUT2D eigenvalue weighted by atomic mass is 32.1. The molecule has 7 nitrogen and oxygen atoms in total. The number of carbonyl (C=O) groups excluding carboxylic acids is 1. The number of hydrogen-bond donors (Lipinski definition) is 1. The zero-order valence-corrected chi connectivity index (χ0v) is 19.6. The Labute approximate surface area is 203 Å². The van der Waals surface area contributed by atoms with Gasteiger partial charge in [-0.15, -0.1) is 0 Å². The number of rotatable bonds is 5. The molecule has 1 amide bonds. The topological polar surface area (TPSA) is 89.9 Å². The number of nitrogens with zero attached hydrogens (tertiary/aromatic N) is 4. The third-order valence-electron chi connectivity index (χ3n) is 5.38. The van der Waals surface area contributed by atoms with Gasteiger partial charge in [0.1, 0.15) is 11.4 Å². The van der Waals surface area contributed by atoms with Crippen LogP contribution in [0.4, 0.5) is 13.9 Å². The first-order valence-corrected chi connectivity index (χ1v) is 11.6. The molecule has 0 atom stereocenters. The fourth-order valence-electron chi connectivity index (χ4n) is 3.44. The first-order valence-electron chi connectivity index (χ1n) is 10.8. The van der Waals surface area contributed by atoms with Crippen LogP contribution >= 0.6 is 11.3 Å². The molecular formula is C25H19F2N5O2S. The molecule has 0 spiro atoms. The minimum Gasteiger partial charge on any atom is -0.496 e. The van der Waals surface area contributed by atoms with Crippen molar-refractivity contribution in [2.45, 2.75) is 26.2 Å². The Bertz CT molecular complexity index is 1510. The lowest BCUT2D eigenvalue weighted by atomic mass is 9.97. The van der Waals surface area contributed by atoms with Crippen molar-refractivity contribution in [2.75, 3.05) is 12.4 Å². The van der Waals surface area contributed by atoms with E-state index >= 15 is 0 Å². The Kier molecular flexibility index (Phi) is 6.09. The van der Waals surface area contributed by atoms with E-state index < -0.39 is 12.3 Å². The van der Waals surface area contributed by atoms with Crippen LogP contribution in [-0.4, -0.2) is 33.0 Å². The van der Waals surface area contributed by atoms with E-state index in [-0.39, 0.29) is 11.1 Å². The number of thiazole rings is 1. The molecule has 0 radical (unpaired) electrons. The van der Waals surface area contributed by atoms with Gasteiger partial charge in [0.2, 0.25) is 0 Å². The molecule has 4 aromatic rings. The summed E-state index contributed by atoms with van der Waals surface area (Å²) in [6.07, 6.45) is 2.54. The molecule has 0 aliphatic heterocycles. The van der Waals surface area contributed by atoms with Gasteiger partial charge in [0.05, 0.1) is 18.9 Å². The summed E-state index contributed by atoms with van der Waals surface area (Å²) in [6, 6.07) is 5.74. The van der Waals surface area contributed by atoms with Gasteiger partial charge in [-0.05, 0) is 50.0 Å². The monoisotopic (exact) mass is 491 g/mol. The lowest BCUT2D eigenvalue weighted by molar-refractivity contribution is 0.102. The van der Waals surface area contributed by atoms with Gasteiger partial charge in [-0.3, -0.25) is 15.1 Å². The number of aromatic nitrogens is 4. The fourth-order valence-corrected chi connectivity index (χ4v) is 4.23. The molecule has 1 aliphatic carbocycles. The summed E-state index contributed by atoms with van der Waals surface area (Å²) in [5, 5.41) is 3.06. The summed E-state index contributed by atoms with van der Waals surface area (Å²) in [5.41, 5.74) is 2.38. The summed E-state index contributed by atoms with van der Waals surface area (Å²) >= 11 is 1.17. The number of benzene rings is 1. The lowest BCUT2D eigenvalue weighted by Gasteiger charge is -2.14. The van der Waals surface area contributed by atoms with Crippen LogP contribution in [0.3, 0.4) is 0 Å². The average Bonchev–Trinajstić information content (AvgIpc) is 3.60. The Morgan fingerprint density at radius 3 is 2.74 bits per heavy atom. The highest BCUT2D eigenvalue weighted by Crippen LogP contribution is 2.36. The second-order valence-corrected chi connectivity index (χ2v) is 9.01. The van der Waals surface area contributed by atoms with Crippen LogP contribution in [0.5, 0.6) is 5.75 Å². The van der Waals surface area contributed by atoms with Gasteiger partial charge in [0.15, 0.2) is 15.6 Å². The van der Waals surface area contributed by atoms with E-state index in [1.54, 1.807) is 19.2 Å². The lowest BCUT2D eigenvalue weighted by Crippen LogP contribution is -2.14. The van der Waals surface area contributed by atoms with Gasteiger partial charge in [-0.2, -0.15) is 4.98 Å². The van der Waals surface area contributed by atoms with E-state index in [1.807, 2.05) is 0 Å². The first kappa shape index (κ1) is 22.8. The van der Waals surface area contributed by atoms with Gasteiger partial charge in [0, 0.05) is 34.5 Å². The number of nitrogens with one attached hydrogen (secondary N) is 1. The highest BCUT2D eigenvalue weighted by molar-refractivity contribution is 7.21. The number of aryl methyl sites for hydroxylation is 1. The molecule has 0 unspecified atom stereocenters. The standard InChI is InChI=1S/C25H19F2N5O2S/c1-13-9-17(18-10-15(21(26)27)6-8-20(18)34-2)19(12-28-13)23(33)32-25-31-22-24(35-25)30-16(11-29-22)7-5-14-3-4-14/h6,8-12,14,21H,3-4H2,1-2H3,(H,29,31,32,33). The molecule has 176 valence electrons. The highest BCUT2D eigenvalue weighted by Gasteiger charge is 2.21. The van der Waals surface area contributed by atoms with Crippen molar-refractivity contribution >= 4 is 32.9 Å². The van der Waals surface area contributed by atoms with Crippen molar-refractivity contribution in [3.8, 4) is 28.7 Å². The molecule has 1 saturated carbocycles. The number of pyridine rings is 1. The zero-order chi connectivity index (χ0) is 24.5. The summed E-state index contributed by atoms with van der Waals surface area (Å²) < 4.78 is 32.2. The van der Waals surface area contributed by atoms with Crippen LogP contribution < -0.4 is 10.1 Å². The molecule has 3 heterocycles. The van der Waals surface area contributed by atoms with Crippen molar-refractivity contribution in [2.24, 2.45) is 5.92 Å². The van der Waals surface area contributed by atoms with E-state index in [2.05, 4.69) is 37.1 Å². The number of methoxy groups -OCH3 is 1. The Balaban J connectivity index is 1.47. The van der Waals surface area contributed by atoms with E-state index in [0.717, 1.165) is 12.8 Å². The van der Waals surface area contributed by atoms with Gasteiger partial charge in [-0.25, -0.2) is 18.7 Å². The quantitative estimate of drug-likeness (QED) is 0.375. The van der Waals surface area contributed by atoms with Crippen molar-refractivity contribution in [1.82, 2.24) is 19.9 Å². The number of alkyl halides is 2. The maximum absolute atomic E-state index is 13.4. The Morgan fingerprint density at radius 2 is 2.00 bits per heavy atom. The second kappa shape index (κ2) is 9.35. The van der Waals surface area contributed by atoms with E-state index in [9.17, 15) is 13.6 Å². The summed E-state index contributed by atoms with van der Waals surface area (Å²) in [7, 11) is 1.44. The molecule has 10 heteroatoms. The molecule has 0 bridgehead atoms. The fraction of sp³-hybridized carbons (Fsp3) is 0.240. The Hall–Kier alpha value is -3.97. The van der Waals surface area contributed by atoms with Gasteiger partial charge < -0.3 is 4.74 Å². The number of ether oxygens (including phenoxy) is 1. The predicted octanol–water partition coefficient (Wildman–Crippen LogP) is 5.42. The summed E-state index contributed by atoms with van der Waals surface area (Å²) in [5.74, 6) is 6.48. The van der Waals surface area contributed by atoms with Gasteiger partial charge in [-0.1, -0.05) is 17.3 Å². The number of halogens is 2. The molecular weight excluding hydrogens is 472 g/mol. The van der Waals surface area contributed by atoms with Crippen LogP contribution in [0, 0.1) is 24.7 Å². The molecule has 1 aliphatic rings. The zero-order valence-electron chi connectivity index (χ0n) is 18.8. The first-order chi connectivity index (χ1) is 16.9. The van der Waals surface area contributed by atoms with E-state index in [1.165, 1.54) is 42.8 Å². The summed E-state index contributed by atoms with van der Waals surface area (Å²) in [4.78, 5) is 31.1. The van der Waals surface area contributed by atoms with Gasteiger partial charge >= 0.3 is 0 Å². The number of amides is 1. The SMILES string of the molecule is COc1ccc(C(F)F)cc1-c1cc(C)ncc1C(=O)Nc1nc2ncc(C#CC3CC3)nc2s1. The van der Waals surface area contributed by atoms with Crippen LogP contribution in [0.25, 0.3) is 21.6 Å². The number of carbonyl (C=O) groups is 1. The van der Waals surface area contributed by atoms with Crippen molar-refractivity contribution < 1.29 is 18.3 Å². The molecule has 3 aromatic heterocycles. The maximum atomic E-state index is 13.4. The van der Waals surface area contributed by atoms with Crippen LogP contribution in [0.2, 0.25) is 0 Å². The van der Waals surface area contributed by atoms with Crippen molar-refractivity contribution in [3.63, 3.8) is 0 Å². The van der Waals surface area contributed by atoms with Crippen LogP contribution in [0.1, 0.15) is 46.6 Å². The third kappa shape index (κ3) is 4.95. The molecule has 1 N–H and O–H groups in total. The normalized spacial score (nSPS) is 12.9. The number of fused-ring (bicyclic) bond motifs is 1. The van der Waals surface area contributed by atoms with E-state index in [4.69, 9.17) is 4.74 Å². The number of hydrogen-bond acceptors (Lipinski definition) is 7. The minimum absolute atomic E-state index is 0.175.